The highest BCUT2D eigenvalue weighted by molar-refractivity contribution is 5.87. The van der Waals surface area contributed by atoms with Crippen molar-refractivity contribution in [1.29, 1.82) is 0 Å². The molecular formula is C11H13NO4. The lowest BCUT2D eigenvalue weighted by Crippen LogP contribution is -2.42. The molecule has 5 nitrogen and oxygen atoms in total. The average molecular weight is 223 g/mol. The number of carboxylic acids is 1. The summed E-state index contributed by atoms with van der Waals surface area (Å²) in [5.41, 5.74) is 0. The Bertz CT molecular complexity index is 363. The summed E-state index contributed by atoms with van der Waals surface area (Å²) in [5, 5.41) is 11.7. The van der Waals surface area contributed by atoms with Crippen LogP contribution < -0.4 is 5.32 Å². The maximum absolute atomic E-state index is 11.8. The number of ether oxygens (including phenoxy) is 1. The van der Waals surface area contributed by atoms with E-state index in [0.29, 0.717) is 6.54 Å². The predicted molar refractivity (Wildman–Crippen MR) is 55.6 cm³/mol. The van der Waals surface area contributed by atoms with E-state index >= 15 is 0 Å². The molecule has 0 unspecified atom stereocenters. The molecule has 2 N–H and O–H groups in total. The molecule has 2 aliphatic rings. The first-order valence-corrected chi connectivity index (χ1v) is 5.10. The molecule has 1 saturated heterocycles. The highest BCUT2D eigenvalue weighted by Crippen LogP contribution is 2.39. The van der Waals surface area contributed by atoms with Crippen molar-refractivity contribution < 1.29 is 19.4 Å². The van der Waals surface area contributed by atoms with Crippen LogP contribution in [-0.2, 0) is 14.3 Å². The van der Waals surface area contributed by atoms with Crippen molar-refractivity contribution in [3.63, 3.8) is 0 Å². The average Bonchev–Trinajstić information content (AvgIpc) is 2.84. The van der Waals surface area contributed by atoms with Gasteiger partial charge in [-0.05, 0) is 0 Å². The van der Waals surface area contributed by atoms with Crippen molar-refractivity contribution in [1.82, 2.24) is 5.32 Å². The van der Waals surface area contributed by atoms with E-state index in [2.05, 4.69) is 11.9 Å². The Morgan fingerprint density at radius 3 is 2.56 bits per heavy atom. The van der Waals surface area contributed by atoms with E-state index in [1.54, 1.807) is 18.2 Å². The summed E-state index contributed by atoms with van der Waals surface area (Å²) in [6.45, 7) is 3.82. The van der Waals surface area contributed by atoms with Gasteiger partial charge in [0.25, 0.3) is 0 Å². The second-order valence-corrected chi connectivity index (χ2v) is 3.87. The molecule has 0 spiro atoms. The molecule has 2 rings (SSSR count). The van der Waals surface area contributed by atoms with E-state index in [9.17, 15) is 9.59 Å². The summed E-state index contributed by atoms with van der Waals surface area (Å²) in [6, 6.07) is 0. The minimum absolute atomic E-state index is 0.288. The van der Waals surface area contributed by atoms with Crippen molar-refractivity contribution in [2.45, 2.75) is 12.2 Å². The maximum Gasteiger partial charge on any atom is 0.310 e. The van der Waals surface area contributed by atoms with Gasteiger partial charge in [0.1, 0.15) is 5.92 Å². The monoisotopic (exact) mass is 223 g/mol. The number of rotatable bonds is 4. The minimum atomic E-state index is -0.990. The highest BCUT2D eigenvalue weighted by atomic mass is 16.5. The lowest BCUT2D eigenvalue weighted by Gasteiger charge is -2.20. The Morgan fingerprint density at radius 2 is 2.00 bits per heavy atom. The summed E-state index contributed by atoms with van der Waals surface area (Å²) in [6.07, 6.45) is 4.14. The molecule has 16 heavy (non-hydrogen) atoms. The van der Waals surface area contributed by atoms with Gasteiger partial charge >= 0.3 is 5.97 Å². The second kappa shape index (κ2) is 4.09. The molecule has 2 bridgehead atoms. The van der Waals surface area contributed by atoms with Crippen LogP contribution in [0.1, 0.15) is 0 Å². The third kappa shape index (κ3) is 1.63. The maximum atomic E-state index is 11.8. The number of hydrogen-bond acceptors (Lipinski definition) is 3. The van der Waals surface area contributed by atoms with Gasteiger partial charge in [-0.15, -0.1) is 6.58 Å². The van der Waals surface area contributed by atoms with Crippen LogP contribution in [0.5, 0.6) is 0 Å². The Labute approximate surface area is 92.8 Å². The van der Waals surface area contributed by atoms with Crippen LogP contribution in [-0.4, -0.2) is 35.7 Å². The molecule has 86 valence electrons. The van der Waals surface area contributed by atoms with E-state index < -0.39 is 30.0 Å². The fourth-order valence-corrected chi connectivity index (χ4v) is 2.21. The minimum Gasteiger partial charge on any atom is -0.481 e. The van der Waals surface area contributed by atoms with Crippen LogP contribution in [0.2, 0.25) is 0 Å². The lowest BCUT2D eigenvalue weighted by molar-refractivity contribution is -0.146. The summed E-state index contributed by atoms with van der Waals surface area (Å²) in [5.74, 6) is -2.69. The first-order valence-electron chi connectivity index (χ1n) is 5.10. The molecule has 0 radical (unpaired) electrons. The Hall–Kier alpha value is -1.62. The second-order valence-electron chi connectivity index (χ2n) is 3.87. The molecule has 5 heteroatoms. The van der Waals surface area contributed by atoms with Crippen molar-refractivity contribution in [3.05, 3.63) is 24.8 Å². The molecule has 0 aromatic heterocycles. The van der Waals surface area contributed by atoms with Gasteiger partial charge in [-0.2, -0.15) is 0 Å². The van der Waals surface area contributed by atoms with Gasteiger partial charge in [0, 0.05) is 6.54 Å². The van der Waals surface area contributed by atoms with Gasteiger partial charge in [-0.1, -0.05) is 18.2 Å². The fraction of sp³-hybridized carbons (Fsp3) is 0.455. The third-order valence-corrected chi connectivity index (χ3v) is 2.91. The zero-order chi connectivity index (χ0) is 11.7. The number of nitrogens with one attached hydrogen (secondary N) is 1. The molecule has 2 heterocycles. The van der Waals surface area contributed by atoms with E-state index in [4.69, 9.17) is 9.84 Å². The van der Waals surface area contributed by atoms with Gasteiger partial charge in [0.05, 0.1) is 18.1 Å². The first-order chi connectivity index (χ1) is 7.65. The van der Waals surface area contributed by atoms with Crippen molar-refractivity contribution in [2.24, 2.45) is 11.8 Å². The van der Waals surface area contributed by atoms with Crippen LogP contribution in [0.3, 0.4) is 0 Å². The summed E-state index contributed by atoms with van der Waals surface area (Å²) >= 11 is 0. The van der Waals surface area contributed by atoms with E-state index in [-0.39, 0.29) is 5.91 Å². The van der Waals surface area contributed by atoms with Crippen LogP contribution in [0.15, 0.2) is 24.8 Å². The van der Waals surface area contributed by atoms with Crippen molar-refractivity contribution in [3.8, 4) is 0 Å². The molecule has 2 aliphatic heterocycles. The van der Waals surface area contributed by atoms with Crippen LogP contribution >= 0.6 is 0 Å². The van der Waals surface area contributed by atoms with E-state index in [0.717, 1.165) is 0 Å². The summed E-state index contributed by atoms with van der Waals surface area (Å²) in [4.78, 5) is 22.8. The Kier molecular flexibility index (Phi) is 2.78. The molecule has 0 aliphatic carbocycles. The van der Waals surface area contributed by atoms with Crippen LogP contribution in [0.4, 0.5) is 0 Å². The van der Waals surface area contributed by atoms with Crippen molar-refractivity contribution >= 4 is 11.9 Å². The topological polar surface area (TPSA) is 75.6 Å². The smallest absolute Gasteiger partial charge is 0.310 e. The summed E-state index contributed by atoms with van der Waals surface area (Å²) in [7, 11) is 0. The number of hydrogen-bond donors (Lipinski definition) is 2. The Morgan fingerprint density at radius 1 is 1.38 bits per heavy atom. The molecule has 0 saturated carbocycles. The number of fused-ring (bicyclic) bond motifs is 2. The fourth-order valence-electron chi connectivity index (χ4n) is 2.21. The number of amides is 1. The molecule has 1 fully saturated rings. The van der Waals surface area contributed by atoms with Gasteiger partial charge < -0.3 is 15.2 Å². The highest BCUT2D eigenvalue weighted by Gasteiger charge is 2.52. The van der Waals surface area contributed by atoms with Crippen LogP contribution in [0.25, 0.3) is 0 Å². The van der Waals surface area contributed by atoms with Crippen molar-refractivity contribution in [2.75, 3.05) is 6.54 Å². The zero-order valence-corrected chi connectivity index (χ0v) is 8.63. The number of carbonyl (C=O) groups excluding carboxylic acids is 1. The quantitative estimate of drug-likeness (QED) is 0.655. The van der Waals surface area contributed by atoms with E-state index in [1.807, 2.05) is 0 Å². The molecular weight excluding hydrogens is 210 g/mol. The standard InChI is InChI=1S/C11H13NO4/c1-2-5-12-10(13)8-6-3-4-7(16-6)9(8)11(14)15/h2-4,6-9H,1,5H2,(H,12,13)(H,14,15)/t6-,7+,8+,9-/m0/s1. The van der Waals surface area contributed by atoms with Gasteiger partial charge in [-0.3, -0.25) is 9.59 Å². The molecule has 0 aromatic carbocycles. The first kappa shape index (κ1) is 10.9. The third-order valence-electron chi connectivity index (χ3n) is 2.91. The molecule has 0 aromatic rings. The molecule has 1 amide bonds. The largest absolute Gasteiger partial charge is 0.481 e. The number of carbonyl (C=O) groups is 2. The normalized spacial score (nSPS) is 35.0. The number of aliphatic carboxylic acids is 1. The Balaban J connectivity index is 2.13. The zero-order valence-electron chi connectivity index (χ0n) is 8.63. The number of carboxylic acid groups (broad SMARTS) is 1. The van der Waals surface area contributed by atoms with Crippen LogP contribution in [0, 0.1) is 11.8 Å². The van der Waals surface area contributed by atoms with E-state index in [1.165, 1.54) is 0 Å². The SMILES string of the molecule is C=CCNC(=O)[C@H]1[C@@H](C(=O)O)[C@H]2C=C[C@@H]1O2. The predicted octanol–water partition coefficient (Wildman–Crippen LogP) is -0.0572. The van der Waals surface area contributed by atoms with Gasteiger partial charge in [-0.25, -0.2) is 0 Å². The lowest BCUT2D eigenvalue weighted by atomic mass is 9.82. The summed E-state index contributed by atoms with van der Waals surface area (Å²) < 4.78 is 5.38. The van der Waals surface area contributed by atoms with Gasteiger partial charge in [0.15, 0.2) is 0 Å². The van der Waals surface area contributed by atoms with Gasteiger partial charge in [0.2, 0.25) is 5.91 Å². The molecule has 4 atom stereocenters.